The molecule has 0 saturated carbocycles. The van der Waals surface area contributed by atoms with Crippen molar-refractivity contribution < 1.29 is 0 Å². The SMILES string of the molecule is CN(C)CCNc1nc(N)nc(N(C)C)n1. The number of hydrogen-bond donors (Lipinski definition) is 2. The Bertz CT molecular complexity index is 337. The lowest BCUT2D eigenvalue weighted by Crippen LogP contribution is -2.22. The monoisotopic (exact) mass is 225 g/mol. The van der Waals surface area contributed by atoms with Crippen molar-refractivity contribution in [2.45, 2.75) is 0 Å². The first-order valence-electron chi connectivity index (χ1n) is 5.06. The van der Waals surface area contributed by atoms with E-state index in [1.54, 1.807) is 4.90 Å². The molecule has 0 saturated heterocycles. The van der Waals surface area contributed by atoms with E-state index in [9.17, 15) is 0 Å². The van der Waals surface area contributed by atoms with Gasteiger partial charge in [0.25, 0.3) is 0 Å². The summed E-state index contributed by atoms with van der Waals surface area (Å²) < 4.78 is 0. The number of nitrogens with zero attached hydrogens (tertiary/aromatic N) is 5. The number of hydrogen-bond acceptors (Lipinski definition) is 7. The molecule has 1 rings (SSSR count). The second-order valence-electron chi connectivity index (χ2n) is 3.94. The van der Waals surface area contributed by atoms with Crippen molar-refractivity contribution in [1.82, 2.24) is 19.9 Å². The van der Waals surface area contributed by atoms with Gasteiger partial charge in [0.2, 0.25) is 17.8 Å². The molecule has 0 bridgehead atoms. The highest BCUT2D eigenvalue weighted by molar-refractivity contribution is 5.40. The number of nitrogens with two attached hydrogens (primary N) is 1. The van der Waals surface area contributed by atoms with Gasteiger partial charge in [-0.2, -0.15) is 15.0 Å². The summed E-state index contributed by atoms with van der Waals surface area (Å²) in [5.74, 6) is 1.30. The minimum Gasteiger partial charge on any atom is -0.368 e. The Hall–Kier alpha value is -1.63. The van der Waals surface area contributed by atoms with Crippen molar-refractivity contribution >= 4 is 17.8 Å². The van der Waals surface area contributed by atoms with E-state index in [1.807, 2.05) is 28.2 Å². The molecule has 0 atom stereocenters. The molecule has 0 aliphatic heterocycles. The molecule has 7 heteroatoms. The fraction of sp³-hybridized carbons (Fsp3) is 0.667. The van der Waals surface area contributed by atoms with Crippen LogP contribution in [0.4, 0.5) is 17.8 Å². The molecule has 7 nitrogen and oxygen atoms in total. The van der Waals surface area contributed by atoms with Gasteiger partial charge in [-0.1, -0.05) is 0 Å². The maximum Gasteiger partial charge on any atom is 0.231 e. The third kappa shape index (κ3) is 3.85. The lowest BCUT2D eigenvalue weighted by molar-refractivity contribution is 0.425. The molecule has 3 N–H and O–H groups in total. The normalized spacial score (nSPS) is 10.6. The van der Waals surface area contributed by atoms with Crippen LogP contribution >= 0.6 is 0 Å². The van der Waals surface area contributed by atoms with Crippen LogP contribution in [0.5, 0.6) is 0 Å². The first kappa shape index (κ1) is 12.4. The zero-order valence-electron chi connectivity index (χ0n) is 10.2. The highest BCUT2D eigenvalue weighted by atomic mass is 15.3. The molecule has 0 amide bonds. The summed E-state index contributed by atoms with van der Waals surface area (Å²) in [6.07, 6.45) is 0. The zero-order valence-corrected chi connectivity index (χ0v) is 10.2. The Labute approximate surface area is 95.7 Å². The fourth-order valence-corrected chi connectivity index (χ4v) is 1.05. The van der Waals surface area contributed by atoms with Gasteiger partial charge in [0.1, 0.15) is 0 Å². The van der Waals surface area contributed by atoms with Crippen LogP contribution in [0.2, 0.25) is 0 Å². The highest BCUT2D eigenvalue weighted by Gasteiger charge is 2.05. The Morgan fingerprint density at radius 1 is 1.12 bits per heavy atom. The third-order valence-electron chi connectivity index (χ3n) is 1.88. The van der Waals surface area contributed by atoms with E-state index in [1.165, 1.54) is 0 Å². The van der Waals surface area contributed by atoms with Crippen LogP contribution in [0, 0.1) is 0 Å². The second-order valence-corrected chi connectivity index (χ2v) is 3.94. The van der Waals surface area contributed by atoms with E-state index in [0.717, 1.165) is 13.1 Å². The summed E-state index contributed by atoms with van der Waals surface area (Å²) in [4.78, 5) is 16.1. The van der Waals surface area contributed by atoms with Gasteiger partial charge in [-0.15, -0.1) is 0 Å². The van der Waals surface area contributed by atoms with Crippen LogP contribution < -0.4 is 16.0 Å². The van der Waals surface area contributed by atoms with E-state index < -0.39 is 0 Å². The second kappa shape index (κ2) is 5.45. The minimum atomic E-state index is 0.228. The third-order valence-corrected chi connectivity index (χ3v) is 1.88. The van der Waals surface area contributed by atoms with E-state index in [2.05, 4.69) is 25.2 Å². The van der Waals surface area contributed by atoms with Crippen LogP contribution in [0.1, 0.15) is 0 Å². The van der Waals surface area contributed by atoms with Crippen LogP contribution in [0.15, 0.2) is 0 Å². The highest BCUT2D eigenvalue weighted by Crippen LogP contribution is 2.08. The van der Waals surface area contributed by atoms with Gasteiger partial charge in [0.15, 0.2) is 0 Å². The van der Waals surface area contributed by atoms with E-state index in [4.69, 9.17) is 5.73 Å². The van der Waals surface area contributed by atoms with Crippen LogP contribution in [0.25, 0.3) is 0 Å². The zero-order chi connectivity index (χ0) is 12.1. The van der Waals surface area contributed by atoms with Gasteiger partial charge >= 0.3 is 0 Å². The minimum absolute atomic E-state index is 0.228. The maximum absolute atomic E-state index is 5.59. The van der Waals surface area contributed by atoms with E-state index in [0.29, 0.717) is 11.9 Å². The Morgan fingerprint density at radius 3 is 2.38 bits per heavy atom. The molecular formula is C9H19N7. The molecule has 1 aromatic rings. The fourth-order valence-electron chi connectivity index (χ4n) is 1.05. The molecule has 0 fully saturated rings. The largest absolute Gasteiger partial charge is 0.368 e. The van der Waals surface area contributed by atoms with Crippen molar-refractivity contribution in [3.63, 3.8) is 0 Å². The number of nitrogen functional groups attached to an aromatic ring is 1. The van der Waals surface area contributed by atoms with Gasteiger partial charge in [-0.3, -0.25) is 0 Å². The lowest BCUT2D eigenvalue weighted by Gasteiger charge is -2.13. The molecule has 1 aromatic heterocycles. The average Bonchev–Trinajstić information content (AvgIpc) is 2.16. The smallest absolute Gasteiger partial charge is 0.231 e. The topological polar surface area (TPSA) is 83.2 Å². The quantitative estimate of drug-likeness (QED) is 0.698. The Morgan fingerprint density at radius 2 is 1.81 bits per heavy atom. The van der Waals surface area contributed by atoms with Crippen LogP contribution in [-0.4, -0.2) is 61.1 Å². The van der Waals surface area contributed by atoms with Crippen molar-refractivity contribution in [1.29, 1.82) is 0 Å². The molecule has 0 aromatic carbocycles. The summed E-state index contributed by atoms with van der Waals surface area (Å²) in [6, 6.07) is 0. The number of aromatic nitrogens is 3. The average molecular weight is 225 g/mol. The summed E-state index contributed by atoms with van der Waals surface area (Å²) in [5, 5.41) is 3.10. The Balaban J connectivity index is 2.65. The molecule has 0 unspecified atom stereocenters. The van der Waals surface area contributed by atoms with Gasteiger partial charge in [-0.25, -0.2) is 0 Å². The number of likely N-dealkylation sites (N-methyl/N-ethyl adjacent to an activating group) is 1. The lowest BCUT2D eigenvalue weighted by atomic mass is 10.6. The standard InChI is InChI=1S/C9H19N7/c1-15(2)6-5-11-8-12-7(10)13-9(14-8)16(3)4/h5-6H2,1-4H3,(H3,10,11,12,13,14). The summed E-state index contributed by atoms with van der Waals surface area (Å²) in [7, 11) is 7.74. The summed E-state index contributed by atoms with van der Waals surface area (Å²) >= 11 is 0. The number of anilines is 3. The molecule has 0 spiro atoms. The van der Waals surface area contributed by atoms with E-state index >= 15 is 0 Å². The van der Waals surface area contributed by atoms with Crippen LogP contribution in [-0.2, 0) is 0 Å². The predicted molar refractivity (Wildman–Crippen MR) is 65.6 cm³/mol. The molecule has 16 heavy (non-hydrogen) atoms. The van der Waals surface area contributed by atoms with Crippen molar-refractivity contribution in [2.24, 2.45) is 0 Å². The molecular weight excluding hydrogens is 206 g/mol. The van der Waals surface area contributed by atoms with Crippen LogP contribution in [0.3, 0.4) is 0 Å². The van der Waals surface area contributed by atoms with Crippen molar-refractivity contribution in [2.75, 3.05) is 57.2 Å². The molecule has 0 aliphatic rings. The predicted octanol–water partition coefficient (Wildman–Crippen LogP) is -0.507. The molecule has 0 radical (unpaired) electrons. The Kier molecular flexibility index (Phi) is 4.24. The summed E-state index contributed by atoms with van der Waals surface area (Å²) in [6.45, 7) is 1.67. The number of nitrogens with one attached hydrogen (secondary N) is 1. The van der Waals surface area contributed by atoms with Crippen molar-refractivity contribution in [3.8, 4) is 0 Å². The molecule has 90 valence electrons. The molecule has 1 heterocycles. The summed E-state index contributed by atoms with van der Waals surface area (Å²) in [5.41, 5.74) is 5.59. The first-order valence-corrected chi connectivity index (χ1v) is 5.06. The van der Waals surface area contributed by atoms with E-state index in [-0.39, 0.29) is 5.95 Å². The maximum atomic E-state index is 5.59. The van der Waals surface area contributed by atoms with Gasteiger partial charge in [-0.05, 0) is 14.1 Å². The molecule has 0 aliphatic carbocycles. The van der Waals surface area contributed by atoms with Crippen molar-refractivity contribution in [3.05, 3.63) is 0 Å². The first-order chi connectivity index (χ1) is 7.49. The number of rotatable bonds is 5. The van der Waals surface area contributed by atoms with Gasteiger partial charge in [0.05, 0.1) is 0 Å². The van der Waals surface area contributed by atoms with Gasteiger partial charge < -0.3 is 20.9 Å². The van der Waals surface area contributed by atoms with Gasteiger partial charge in [0, 0.05) is 27.2 Å².